The first-order chi connectivity index (χ1) is 6.77. The maximum atomic E-state index is 8.81. The smallest absolute Gasteiger partial charge is 0.123 e. The van der Waals surface area contributed by atoms with Crippen LogP contribution in [-0.2, 0) is 17.9 Å². The van der Waals surface area contributed by atoms with Gasteiger partial charge in [0.25, 0.3) is 0 Å². The van der Waals surface area contributed by atoms with Crippen LogP contribution in [-0.4, -0.2) is 33.9 Å². The Kier molecular flexibility index (Phi) is 4.58. The Morgan fingerprint density at radius 1 is 1.71 bits per heavy atom. The SMILES string of the molecule is CCOCn1ccnc1C[C@@H](N)CO. The van der Waals surface area contributed by atoms with Crippen molar-refractivity contribution < 1.29 is 9.84 Å². The quantitative estimate of drug-likeness (QED) is 0.662. The van der Waals surface area contributed by atoms with Gasteiger partial charge in [0.1, 0.15) is 12.6 Å². The molecule has 0 saturated carbocycles. The van der Waals surface area contributed by atoms with Crippen molar-refractivity contribution in [2.75, 3.05) is 13.2 Å². The molecule has 5 nitrogen and oxygen atoms in total. The third-order valence-electron chi connectivity index (χ3n) is 1.92. The van der Waals surface area contributed by atoms with Crippen LogP contribution in [0.25, 0.3) is 0 Å². The summed E-state index contributed by atoms with van der Waals surface area (Å²) in [5.74, 6) is 0.847. The molecule has 1 rings (SSSR count). The van der Waals surface area contributed by atoms with Gasteiger partial charge in [0, 0.05) is 31.5 Å². The van der Waals surface area contributed by atoms with Crippen molar-refractivity contribution in [3.8, 4) is 0 Å². The van der Waals surface area contributed by atoms with Gasteiger partial charge in [0.05, 0.1) is 6.61 Å². The normalized spacial score (nSPS) is 13.1. The number of hydrogen-bond acceptors (Lipinski definition) is 4. The van der Waals surface area contributed by atoms with Crippen LogP contribution in [0.2, 0.25) is 0 Å². The minimum Gasteiger partial charge on any atom is -0.395 e. The highest BCUT2D eigenvalue weighted by Gasteiger charge is 2.07. The van der Waals surface area contributed by atoms with Gasteiger partial charge in [0.15, 0.2) is 0 Å². The molecule has 0 amide bonds. The summed E-state index contributed by atoms with van der Waals surface area (Å²) in [6.45, 7) is 3.07. The Bertz CT molecular complexity index is 262. The third-order valence-corrected chi connectivity index (χ3v) is 1.92. The molecular formula is C9H17N3O2. The lowest BCUT2D eigenvalue weighted by Crippen LogP contribution is -2.28. The van der Waals surface area contributed by atoms with Gasteiger partial charge in [0.2, 0.25) is 0 Å². The number of rotatable bonds is 6. The van der Waals surface area contributed by atoms with E-state index in [9.17, 15) is 0 Å². The summed E-state index contributed by atoms with van der Waals surface area (Å²) in [6.07, 6.45) is 4.12. The van der Waals surface area contributed by atoms with Crippen molar-refractivity contribution in [2.45, 2.75) is 26.1 Å². The second-order valence-electron chi connectivity index (χ2n) is 3.08. The first-order valence-electron chi connectivity index (χ1n) is 4.72. The summed E-state index contributed by atoms with van der Waals surface area (Å²) in [7, 11) is 0. The number of nitrogens with zero attached hydrogens (tertiary/aromatic N) is 2. The molecule has 1 heterocycles. The van der Waals surface area contributed by atoms with Gasteiger partial charge in [-0.2, -0.15) is 0 Å². The van der Waals surface area contributed by atoms with Crippen LogP contribution < -0.4 is 5.73 Å². The van der Waals surface area contributed by atoms with Gasteiger partial charge >= 0.3 is 0 Å². The van der Waals surface area contributed by atoms with E-state index in [1.807, 2.05) is 17.7 Å². The van der Waals surface area contributed by atoms with Crippen molar-refractivity contribution in [2.24, 2.45) is 5.73 Å². The Morgan fingerprint density at radius 2 is 2.50 bits per heavy atom. The molecule has 0 aliphatic carbocycles. The molecule has 5 heteroatoms. The molecule has 0 fully saturated rings. The van der Waals surface area contributed by atoms with Gasteiger partial charge in [-0.05, 0) is 6.92 Å². The molecule has 0 aromatic carbocycles. The first-order valence-corrected chi connectivity index (χ1v) is 4.72. The van der Waals surface area contributed by atoms with Crippen LogP contribution in [0.1, 0.15) is 12.7 Å². The molecule has 1 aromatic heterocycles. The van der Waals surface area contributed by atoms with Crippen LogP contribution in [0.5, 0.6) is 0 Å². The van der Waals surface area contributed by atoms with Crippen LogP contribution in [0.4, 0.5) is 0 Å². The van der Waals surface area contributed by atoms with Gasteiger partial charge in [-0.1, -0.05) is 0 Å². The van der Waals surface area contributed by atoms with Crippen molar-refractivity contribution in [3.63, 3.8) is 0 Å². The minimum absolute atomic E-state index is 0.0263. The first kappa shape index (κ1) is 11.2. The van der Waals surface area contributed by atoms with Crippen LogP contribution in [0.15, 0.2) is 12.4 Å². The number of aromatic nitrogens is 2. The molecule has 0 bridgehead atoms. The number of ether oxygens (including phenoxy) is 1. The standard InChI is InChI=1S/C9H17N3O2/c1-2-14-7-12-4-3-11-9(12)5-8(10)6-13/h3-4,8,13H,2,5-7,10H2,1H3/t8-/m1/s1. The number of nitrogens with two attached hydrogens (primary N) is 1. The van der Waals surface area contributed by atoms with Gasteiger partial charge < -0.3 is 20.1 Å². The van der Waals surface area contributed by atoms with Crippen molar-refractivity contribution in [1.29, 1.82) is 0 Å². The summed E-state index contributed by atoms with van der Waals surface area (Å²) >= 11 is 0. The lowest BCUT2D eigenvalue weighted by Gasteiger charge is -2.10. The average molecular weight is 199 g/mol. The third kappa shape index (κ3) is 3.10. The highest BCUT2D eigenvalue weighted by molar-refractivity contribution is 4.94. The summed E-state index contributed by atoms with van der Waals surface area (Å²) in [5, 5.41) is 8.81. The van der Waals surface area contributed by atoms with Gasteiger partial charge in [-0.25, -0.2) is 4.98 Å². The van der Waals surface area contributed by atoms with E-state index in [1.165, 1.54) is 0 Å². The van der Waals surface area contributed by atoms with E-state index >= 15 is 0 Å². The monoisotopic (exact) mass is 199 g/mol. The number of imidazole rings is 1. The molecule has 0 unspecified atom stereocenters. The second kappa shape index (κ2) is 5.74. The maximum absolute atomic E-state index is 8.81. The molecule has 1 atom stereocenters. The lowest BCUT2D eigenvalue weighted by molar-refractivity contribution is 0.0853. The van der Waals surface area contributed by atoms with Gasteiger partial charge in [-0.3, -0.25) is 0 Å². The Labute approximate surface area is 83.5 Å². The molecule has 1 aromatic rings. The van der Waals surface area contributed by atoms with E-state index in [1.54, 1.807) is 6.20 Å². The molecule has 0 aliphatic heterocycles. The maximum Gasteiger partial charge on any atom is 0.123 e. The Morgan fingerprint density at radius 3 is 3.14 bits per heavy atom. The molecule has 3 N–H and O–H groups in total. The van der Waals surface area contributed by atoms with E-state index in [2.05, 4.69) is 4.98 Å². The van der Waals surface area contributed by atoms with E-state index in [-0.39, 0.29) is 12.6 Å². The Balaban J connectivity index is 2.53. The molecule has 0 spiro atoms. The lowest BCUT2D eigenvalue weighted by atomic mass is 10.2. The Hall–Kier alpha value is -0.910. The molecule has 0 radical (unpaired) electrons. The molecule has 80 valence electrons. The van der Waals surface area contributed by atoms with E-state index in [0.717, 1.165) is 5.82 Å². The summed E-state index contributed by atoms with van der Waals surface area (Å²) in [4.78, 5) is 4.15. The van der Waals surface area contributed by atoms with Crippen LogP contribution >= 0.6 is 0 Å². The predicted molar refractivity (Wildman–Crippen MR) is 52.6 cm³/mol. The second-order valence-corrected chi connectivity index (χ2v) is 3.08. The molecular weight excluding hydrogens is 182 g/mol. The summed E-state index contributed by atoms with van der Waals surface area (Å²) < 4.78 is 7.14. The average Bonchev–Trinajstić information content (AvgIpc) is 2.62. The largest absolute Gasteiger partial charge is 0.395 e. The summed E-state index contributed by atoms with van der Waals surface area (Å²) in [6, 6.07) is -0.252. The van der Waals surface area contributed by atoms with Crippen molar-refractivity contribution in [1.82, 2.24) is 9.55 Å². The fourth-order valence-electron chi connectivity index (χ4n) is 1.14. The summed E-state index contributed by atoms with van der Waals surface area (Å²) in [5.41, 5.74) is 5.62. The zero-order valence-electron chi connectivity index (χ0n) is 8.39. The molecule has 14 heavy (non-hydrogen) atoms. The van der Waals surface area contributed by atoms with E-state index < -0.39 is 0 Å². The van der Waals surface area contributed by atoms with Crippen LogP contribution in [0.3, 0.4) is 0 Å². The zero-order chi connectivity index (χ0) is 10.4. The number of aliphatic hydroxyl groups excluding tert-OH is 1. The topological polar surface area (TPSA) is 73.3 Å². The fraction of sp³-hybridized carbons (Fsp3) is 0.667. The van der Waals surface area contributed by atoms with Gasteiger partial charge in [-0.15, -0.1) is 0 Å². The molecule has 0 saturated heterocycles. The predicted octanol–water partition coefficient (Wildman–Crippen LogP) is -0.261. The van der Waals surface area contributed by atoms with Crippen molar-refractivity contribution >= 4 is 0 Å². The highest BCUT2D eigenvalue weighted by Crippen LogP contribution is 2.01. The van der Waals surface area contributed by atoms with Crippen LogP contribution in [0, 0.1) is 0 Å². The number of aliphatic hydroxyl groups is 1. The highest BCUT2D eigenvalue weighted by atomic mass is 16.5. The van der Waals surface area contributed by atoms with E-state index in [0.29, 0.717) is 19.8 Å². The minimum atomic E-state index is -0.252. The fourth-order valence-corrected chi connectivity index (χ4v) is 1.14. The zero-order valence-corrected chi connectivity index (χ0v) is 8.39. The van der Waals surface area contributed by atoms with E-state index in [4.69, 9.17) is 15.6 Å². The number of hydrogen-bond donors (Lipinski definition) is 2. The van der Waals surface area contributed by atoms with Crippen molar-refractivity contribution in [3.05, 3.63) is 18.2 Å². The molecule has 0 aliphatic rings.